The maximum Gasteiger partial charge on any atom is 0.311 e. The smallest absolute Gasteiger partial charge is 0.311 e. The first kappa shape index (κ1) is 15.0. The zero-order chi connectivity index (χ0) is 15.4. The van der Waals surface area contributed by atoms with Gasteiger partial charge in [-0.2, -0.15) is 0 Å². The van der Waals surface area contributed by atoms with Crippen molar-refractivity contribution < 1.29 is 19.0 Å². The Morgan fingerprint density at radius 2 is 2.00 bits per heavy atom. The Labute approximate surface area is 123 Å². The Morgan fingerprint density at radius 3 is 2.57 bits per heavy atom. The van der Waals surface area contributed by atoms with E-state index in [4.69, 9.17) is 4.74 Å². The molecule has 3 nitrogen and oxygen atoms in total. The number of benzene rings is 2. The highest BCUT2D eigenvalue weighted by molar-refractivity contribution is 5.76. The molecule has 0 aliphatic rings. The molecule has 0 spiro atoms. The lowest BCUT2D eigenvalue weighted by Crippen LogP contribution is -2.15. The second-order valence-electron chi connectivity index (χ2n) is 4.92. The first-order valence-corrected chi connectivity index (χ1v) is 6.63. The van der Waals surface area contributed by atoms with E-state index in [1.165, 1.54) is 6.07 Å². The van der Waals surface area contributed by atoms with E-state index >= 15 is 0 Å². The fourth-order valence-electron chi connectivity index (χ4n) is 2.35. The summed E-state index contributed by atoms with van der Waals surface area (Å²) in [5.74, 6) is -1.43. The van der Waals surface area contributed by atoms with E-state index in [9.17, 15) is 14.3 Å². The molecule has 0 amide bonds. The van der Waals surface area contributed by atoms with Gasteiger partial charge in [0.05, 0.1) is 13.0 Å². The van der Waals surface area contributed by atoms with Crippen molar-refractivity contribution in [1.29, 1.82) is 0 Å². The van der Waals surface area contributed by atoms with E-state index in [-0.39, 0.29) is 12.2 Å². The molecule has 1 atom stereocenters. The third kappa shape index (κ3) is 3.40. The first-order chi connectivity index (χ1) is 10.0. The van der Waals surface area contributed by atoms with E-state index in [1.54, 1.807) is 43.5 Å². The van der Waals surface area contributed by atoms with Gasteiger partial charge in [-0.1, -0.05) is 30.3 Å². The number of halogens is 1. The van der Waals surface area contributed by atoms with Crippen molar-refractivity contribution >= 4 is 5.97 Å². The molecule has 0 aromatic heterocycles. The van der Waals surface area contributed by atoms with Crippen molar-refractivity contribution in [3.8, 4) is 5.75 Å². The van der Waals surface area contributed by atoms with E-state index in [2.05, 4.69) is 0 Å². The number of hydrogen-bond donors (Lipinski definition) is 1. The van der Waals surface area contributed by atoms with Crippen LogP contribution in [0.4, 0.5) is 4.39 Å². The predicted octanol–water partition coefficient (Wildman–Crippen LogP) is 3.55. The monoisotopic (exact) mass is 288 g/mol. The highest BCUT2D eigenvalue weighted by atomic mass is 19.1. The van der Waals surface area contributed by atoms with Gasteiger partial charge in [0.15, 0.2) is 0 Å². The van der Waals surface area contributed by atoms with Crippen LogP contribution in [0.1, 0.15) is 22.6 Å². The zero-order valence-corrected chi connectivity index (χ0v) is 12.0. The highest BCUT2D eigenvalue weighted by Gasteiger charge is 2.22. The average molecular weight is 288 g/mol. The van der Waals surface area contributed by atoms with Crippen LogP contribution in [0.25, 0.3) is 0 Å². The molecule has 0 heterocycles. The van der Waals surface area contributed by atoms with Gasteiger partial charge in [-0.25, -0.2) is 4.39 Å². The van der Waals surface area contributed by atoms with Gasteiger partial charge in [-0.3, -0.25) is 4.79 Å². The topological polar surface area (TPSA) is 46.5 Å². The van der Waals surface area contributed by atoms with Crippen molar-refractivity contribution in [3.05, 3.63) is 65.0 Å². The number of carboxylic acid groups (broad SMARTS) is 1. The molecular weight excluding hydrogens is 271 g/mol. The second-order valence-corrected chi connectivity index (χ2v) is 4.92. The minimum absolute atomic E-state index is 0.119. The summed E-state index contributed by atoms with van der Waals surface area (Å²) in [5.41, 5.74) is 1.90. The van der Waals surface area contributed by atoms with Crippen molar-refractivity contribution in [2.24, 2.45) is 0 Å². The minimum Gasteiger partial charge on any atom is -0.496 e. The number of hydrogen-bond acceptors (Lipinski definition) is 2. The molecule has 0 aliphatic heterocycles. The molecule has 2 aromatic rings. The molecule has 2 rings (SSSR count). The van der Waals surface area contributed by atoms with Gasteiger partial charge in [0.25, 0.3) is 0 Å². The summed E-state index contributed by atoms with van der Waals surface area (Å²) in [6.07, 6.45) is 0.119. The molecule has 2 aromatic carbocycles. The summed E-state index contributed by atoms with van der Waals surface area (Å²) in [6, 6.07) is 11.5. The lowest BCUT2D eigenvalue weighted by atomic mass is 9.91. The number of carbonyl (C=O) groups is 1. The Balaban J connectivity index is 2.34. The maximum absolute atomic E-state index is 13.7. The van der Waals surface area contributed by atoms with Gasteiger partial charge in [-0.15, -0.1) is 0 Å². The number of aliphatic carboxylic acids is 1. The van der Waals surface area contributed by atoms with Crippen LogP contribution in [0.3, 0.4) is 0 Å². The number of ether oxygens (including phenoxy) is 1. The van der Waals surface area contributed by atoms with Gasteiger partial charge >= 0.3 is 5.97 Å². The number of aryl methyl sites for hydroxylation is 1. The minimum atomic E-state index is -0.970. The lowest BCUT2D eigenvalue weighted by Gasteiger charge is -2.15. The second kappa shape index (κ2) is 6.39. The van der Waals surface area contributed by atoms with Gasteiger partial charge in [-0.05, 0) is 42.2 Å². The molecule has 0 saturated heterocycles. The van der Waals surface area contributed by atoms with E-state index in [1.807, 2.05) is 6.92 Å². The van der Waals surface area contributed by atoms with Crippen LogP contribution in [-0.2, 0) is 11.2 Å². The van der Waals surface area contributed by atoms with E-state index < -0.39 is 11.9 Å². The molecule has 0 saturated carbocycles. The summed E-state index contributed by atoms with van der Waals surface area (Å²) in [4.78, 5) is 11.5. The van der Waals surface area contributed by atoms with Crippen LogP contribution < -0.4 is 4.74 Å². The van der Waals surface area contributed by atoms with Crippen LogP contribution in [0.15, 0.2) is 42.5 Å². The molecule has 21 heavy (non-hydrogen) atoms. The molecule has 0 bridgehead atoms. The normalized spacial score (nSPS) is 12.0. The predicted molar refractivity (Wildman–Crippen MR) is 78.2 cm³/mol. The molecule has 110 valence electrons. The Kier molecular flexibility index (Phi) is 4.58. The molecule has 0 fully saturated rings. The highest BCUT2D eigenvalue weighted by Crippen LogP contribution is 2.27. The molecule has 1 N–H and O–H groups in total. The third-order valence-electron chi connectivity index (χ3n) is 3.50. The quantitative estimate of drug-likeness (QED) is 0.915. The number of carboxylic acids is 1. The molecular formula is C17H17FO3. The molecule has 4 heteroatoms. The van der Waals surface area contributed by atoms with Crippen molar-refractivity contribution in [2.75, 3.05) is 7.11 Å². The standard InChI is InChI=1S/C17H17FO3/c1-11-9-12(7-8-16(11)21-2)14(17(19)20)10-13-5-3-4-6-15(13)18/h3-9,14H,10H2,1-2H3,(H,19,20). The largest absolute Gasteiger partial charge is 0.496 e. The summed E-state index contributed by atoms with van der Waals surface area (Å²) >= 11 is 0. The average Bonchev–Trinajstić information content (AvgIpc) is 2.46. The van der Waals surface area contributed by atoms with Gasteiger partial charge in [0.1, 0.15) is 11.6 Å². The van der Waals surface area contributed by atoms with Gasteiger partial charge in [0.2, 0.25) is 0 Å². The van der Waals surface area contributed by atoms with Gasteiger partial charge < -0.3 is 9.84 Å². The summed E-state index contributed by atoms with van der Waals surface area (Å²) in [7, 11) is 1.57. The molecule has 0 aliphatic carbocycles. The summed E-state index contributed by atoms with van der Waals surface area (Å²) in [6.45, 7) is 1.85. The Bertz CT molecular complexity index is 652. The lowest BCUT2D eigenvalue weighted by molar-refractivity contribution is -0.138. The summed E-state index contributed by atoms with van der Waals surface area (Å²) in [5, 5.41) is 9.44. The zero-order valence-electron chi connectivity index (χ0n) is 12.0. The number of methoxy groups -OCH3 is 1. The first-order valence-electron chi connectivity index (χ1n) is 6.63. The van der Waals surface area contributed by atoms with Gasteiger partial charge in [0, 0.05) is 0 Å². The molecule has 0 radical (unpaired) electrons. The Morgan fingerprint density at radius 1 is 1.29 bits per heavy atom. The fourth-order valence-corrected chi connectivity index (χ4v) is 2.35. The maximum atomic E-state index is 13.7. The van der Waals surface area contributed by atoms with E-state index in [0.29, 0.717) is 16.9 Å². The number of rotatable bonds is 5. The van der Waals surface area contributed by atoms with Crippen molar-refractivity contribution in [2.45, 2.75) is 19.3 Å². The fraction of sp³-hybridized carbons (Fsp3) is 0.235. The van der Waals surface area contributed by atoms with Crippen molar-refractivity contribution in [1.82, 2.24) is 0 Å². The van der Waals surface area contributed by atoms with Crippen LogP contribution in [0, 0.1) is 12.7 Å². The van der Waals surface area contributed by atoms with Crippen LogP contribution in [-0.4, -0.2) is 18.2 Å². The summed E-state index contributed by atoms with van der Waals surface area (Å²) < 4.78 is 18.9. The van der Waals surface area contributed by atoms with Crippen molar-refractivity contribution in [3.63, 3.8) is 0 Å². The van der Waals surface area contributed by atoms with E-state index in [0.717, 1.165) is 5.56 Å². The SMILES string of the molecule is COc1ccc(C(Cc2ccccc2F)C(=O)O)cc1C. The van der Waals surface area contributed by atoms with Crippen LogP contribution in [0.5, 0.6) is 5.75 Å². The van der Waals surface area contributed by atoms with Crippen LogP contribution >= 0.6 is 0 Å². The third-order valence-corrected chi connectivity index (χ3v) is 3.50. The Hall–Kier alpha value is -2.36. The van der Waals surface area contributed by atoms with Crippen LogP contribution in [0.2, 0.25) is 0 Å². The molecule has 1 unspecified atom stereocenters.